The highest BCUT2D eigenvalue weighted by molar-refractivity contribution is 7.16. The maximum Gasteiger partial charge on any atom is 0.255 e. The molecule has 136 valence electrons. The van der Waals surface area contributed by atoms with Crippen molar-refractivity contribution in [1.82, 2.24) is 15.1 Å². The summed E-state index contributed by atoms with van der Waals surface area (Å²) >= 11 is 7.57. The summed E-state index contributed by atoms with van der Waals surface area (Å²) < 4.78 is 2.28. The lowest BCUT2D eigenvalue weighted by atomic mass is 9.93. The number of hydrogen-bond acceptors (Lipinski definition) is 5. The van der Waals surface area contributed by atoms with Crippen LogP contribution in [0.1, 0.15) is 53.8 Å². The predicted molar refractivity (Wildman–Crippen MR) is 100 cm³/mol. The van der Waals surface area contributed by atoms with Crippen molar-refractivity contribution in [3.8, 4) is 0 Å². The molecule has 0 aromatic carbocycles. The van der Waals surface area contributed by atoms with Crippen LogP contribution in [0.2, 0.25) is 4.34 Å². The Morgan fingerprint density at radius 2 is 2.28 bits per heavy atom. The zero-order chi connectivity index (χ0) is 18.0. The average Bonchev–Trinajstić information content (AvgIpc) is 3.32. The zero-order valence-electron chi connectivity index (χ0n) is 14.6. The third kappa shape index (κ3) is 4.14. The Labute approximate surface area is 157 Å². The number of aliphatic hydroxyl groups is 1. The smallest absolute Gasteiger partial charge is 0.255 e. The van der Waals surface area contributed by atoms with E-state index in [2.05, 4.69) is 10.4 Å². The molecule has 0 spiro atoms. The van der Waals surface area contributed by atoms with E-state index in [1.54, 1.807) is 25.2 Å². The first-order valence-electron chi connectivity index (χ1n) is 8.63. The number of aliphatic hydroxyl groups excluding tert-OH is 1. The molecule has 1 saturated heterocycles. The lowest BCUT2D eigenvalue weighted by Crippen LogP contribution is -2.35. The second-order valence-electron chi connectivity index (χ2n) is 7.17. The molecule has 0 saturated carbocycles. The largest absolute Gasteiger partial charge is 0.395 e. The van der Waals surface area contributed by atoms with Gasteiger partial charge in [-0.25, -0.2) is 4.68 Å². The summed E-state index contributed by atoms with van der Waals surface area (Å²) in [7, 11) is 0. The minimum Gasteiger partial charge on any atom is -0.395 e. The zero-order valence-corrected chi connectivity index (χ0v) is 16.2. The molecule has 1 unspecified atom stereocenters. The molecular formula is C18H24ClN3O2S. The van der Waals surface area contributed by atoms with E-state index in [0.717, 1.165) is 41.5 Å². The number of aromatic nitrogens is 2. The molecule has 2 aromatic heterocycles. The van der Waals surface area contributed by atoms with Gasteiger partial charge in [0, 0.05) is 10.6 Å². The molecule has 3 heterocycles. The van der Waals surface area contributed by atoms with Gasteiger partial charge in [-0.15, -0.1) is 11.3 Å². The second-order valence-corrected chi connectivity index (χ2v) is 8.97. The lowest BCUT2D eigenvalue weighted by Gasteiger charge is -2.20. The Balaban J connectivity index is 1.86. The van der Waals surface area contributed by atoms with Crippen molar-refractivity contribution in [1.29, 1.82) is 0 Å². The van der Waals surface area contributed by atoms with E-state index in [-0.39, 0.29) is 18.6 Å². The van der Waals surface area contributed by atoms with Gasteiger partial charge in [-0.2, -0.15) is 5.10 Å². The van der Waals surface area contributed by atoms with E-state index in [4.69, 9.17) is 11.6 Å². The summed E-state index contributed by atoms with van der Waals surface area (Å²) in [5.41, 5.74) is 0.950. The van der Waals surface area contributed by atoms with Gasteiger partial charge in [0.15, 0.2) is 0 Å². The van der Waals surface area contributed by atoms with Gasteiger partial charge in [-0.1, -0.05) is 11.6 Å². The number of carbonyl (C=O) groups is 1. The maximum atomic E-state index is 12.9. The van der Waals surface area contributed by atoms with E-state index in [1.165, 1.54) is 9.56 Å². The number of carbonyl (C=O) groups excluding carboxylic acids is 1. The minimum absolute atomic E-state index is 0.168. The third-order valence-corrected chi connectivity index (χ3v) is 5.93. The summed E-state index contributed by atoms with van der Waals surface area (Å²) in [6.07, 6.45) is 3.68. The molecule has 25 heavy (non-hydrogen) atoms. The molecule has 0 amide bonds. The normalized spacial score (nSPS) is 18.0. The van der Waals surface area contributed by atoms with Crippen molar-refractivity contribution in [2.24, 2.45) is 5.41 Å². The number of aryl methyl sites for hydroxylation is 2. The van der Waals surface area contributed by atoms with E-state index in [9.17, 15) is 9.90 Å². The molecule has 1 aliphatic rings. The summed E-state index contributed by atoms with van der Waals surface area (Å²) in [4.78, 5) is 14.1. The van der Waals surface area contributed by atoms with Gasteiger partial charge in [-0.3, -0.25) is 4.79 Å². The van der Waals surface area contributed by atoms with Crippen molar-refractivity contribution < 1.29 is 9.90 Å². The van der Waals surface area contributed by atoms with Crippen LogP contribution in [0, 0.1) is 5.41 Å². The first kappa shape index (κ1) is 18.6. The Morgan fingerprint density at radius 3 is 2.88 bits per heavy atom. The standard InChI is InChI=1S/C18H24ClN3O2S/c1-18(2,11-23)17(24)22-12(5-6-13-7-8-16(19)25-13)10-15(21-22)14-4-3-9-20-14/h7-8,10,14,20,23H,3-6,9,11H2,1-2H3. The average molecular weight is 382 g/mol. The molecule has 0 bridgehead atoms. The van der Waals surface area contributed by atoms with E-state index in [0.29, 0.717) is 6.42 Å². The number of hydrogen-bond donors (Lipinski definition) is 2. The lowest BCUT2D eigenvalue weighted by molar-refractivity contribution is 0.0608. The molecule has 2 N–H and O–H groups in total. The van der Waals surface area contributed by atoms with Crippen molar-refractivity contribution in [3.63, 3.8) is 0 Å². The van der Waals surface area contributed by atoms with Crippen molar-refractivity contribution in [2.75, 3.05) is 13.2 Å². The van der Waals surface area contributed by atoms with Crippen LogP contribution < -0.4 is 5.32 Å². The van der Waals surface area contributed by atoms with Crippen molar-refractivity contribution in [3.05, 3.63) is 38.8 Å². The summed E-state index contributed by atoms with van der Waals surface area (Å²) in [5.74, 6) is -0.168. The molecule has 1 atom stereocenters. The van der Waals surface area contributed by atoms with E-state index >= 15 is 0 Å². The highest BCUT2D eigenvalue weighted by atomic mass is 35.5. The number of thiophene rings is 1. The number of halogens is 1. The van der Waals surface area contributed by atoms with Gasteiger partial charge in [-0.05, 0) is 64.3 Å². The number of nitrogens with zero attached hydrogens (tertiary/aromatic N) is 2. The van der Waals surface area contributed by atoms with Gasteiger partial charge in [0.2, 0.25) is 0 Å². The van der Waals surface area contributed by atoms with Gasteiger partial charge in [0.05, 0.1) is 28.1 Å². The van der Waals surface area contributed by atoms with Crippen LogP contribution in [0.25, 0.3) is 0 Å². The van der Waals surface area contributed by atoms with E-state index < -0.39 is 5.41 Å². The molecule has 1 fully saturated rings. The predicted octanol–water partition coefficient (Wildman–Crippen LogP) is 3.47. The van der Waals surface area contributed by atoms with Gasteiger partial charge < -0.3 is 10.4 Å². The minimum atomic E-state index is -0.854. The first-order valence-corrected chi connectivity index (χ1v) is 9.82. The fourth-order valence-corrected chi connectivity index (χ4v) is 4.08. The van der Waals surface area contributed by atoms with Crippen LogP contribution in [-0.2, 0) is 12.8 Å². The van der Waals surface area contributed by atoms with Crippen molar-refractivity contribution in [2.45, 2.75) is 45.6 Å². The van der Waals surface area contributed by atoms with Crippen LogP contribution in [0.4, 0.5) is 0 Å². The highest BCUT2D eigenvalue weighted by Crippen LogP contribution is 2.27. The fraction of sp³-hybridized carbons (Fsp3) is 0.556. The maximum absolute atomic E-state index is 12.9. The molecular weight excluding hydrogens is 358 g/mol. The third-order valence-electron chi connectivity index (χ3n) is 4.64. The Hall–Kier alpha value is -1.21. The molecule has 1 aliphatic heterocycles. The Morgan fingerprint density at radius 1 is 1.48 bits per heavy atom. The molecule has 7 heteroatoms. The fourth-order valence-electron chi connectivity index (χ4n) is 2.99. The monoisotopic (exact) mass is 381 g/mol. The highest BCUT2D eigenvalue weighted by Gasteiger charge is 2.32. The number of nitrogens with one attached hydrogen (secondary N) is 1. The first-order chi connectivity index (χ1) is 11.9. The van der Waals surface area contributed by atoms with Crippen LogP contribution >= 0.6 is 22.9 Å². The molecule has 3 rings (SSSR count). The Bertz CT molecular complexity index is 747. The molecule has 5 nitrogen and oxygen atoms in total. The van der Waals surface area contributed by atoms with Crippen LogP contribution in [0.3, 0.4) is 0 Å². The van der Waals surface area contributed by atoms with Crippen LogP contribution in [0.5, 0.6) is 0 Å². The quantitative estimate of drug-likeness (QED) is 0.804. The summed E-state index contributed by atoms with van der Waals surface area (Å²) in [6.45, 7) is 4.26. The molecule has 2 aromatic rings. The summed E-state index contributed by atoms with van der Waals surface area (Å²) in [6, 6.07) is 6.16. The molecule has 0 aliphatic carbocycles. The molecule has 0 radical (unpaired) electrons. The van der Waals surface area contributed by atoms with Gasteiger partial charge >= 0.3 is 0 Å². The van der Waals surface area contributed by atoms with E-state index in [1.807, 2.05) is 18.2 Å². The second kappa shape index (κ2) is 7.58. The van der Waals surface area contributed by atoms with Gasteiger partial charge in [0.1, 0.15) is 0 Å². The topological polar surface area (TPSA) is 67.1 Å². The van der Waals surface area contributed by atoms with Crippen molar-refractivity contribution >= 4 is 28.8 Å². The summed E-state index contributed by atoms with van der Waals surface area (Å²) in [5, 5.41) is 17.6. The number of rotatable bonds is 6. The van der Waals surface area contributed by atoms with Gasteiger partial charge in [0.25, 0.3) is 5.91 Å². The van der Waals surface area contributed by atoms with Crippen LogP contribution in [0.15, 0.2) is 18.2 Å². The van der Waals surface area contributed by atoms with Crippen LogP contribution in [-0.4, -0.2) is 33.9 Å². The SMILES string of the molecule is CC(C)(CO)C(=O)n1nc(C2CCCN2)cc1CCc1ccc(Cl)s1. The Kier molecular flexibility index (Phi) is 5.63.